The number of nitrogens with zero attached hydrogens (tertiary/aromatic N) is 2. The molecule has 0 radical (unpaired) electrons. The van der Waals surface area contributed by atoms with Crippen LogP contribution in [-0.4, -0.2) is 34.8 Å². The fourth-order valence-electron chi connectivity index (χ4n) is 2.70. The normalized spacial score (nSPS) is 17.8. The van der Waals surface area contributed by atoms with E-state index < -0.39 is 0 Å². The molecule has 1 aromatic heterocycles. The molecule has 20 heavy (non-hydrogen) atoms. The molecule has 0 aliphatic heterocycles. The molecule has 0 unspecified atom stereocenters. The van der Waals surface area contributed by atoms with Crippen LogP contribution >= 0.6 is 11.6 Å². The highest BCUT2D eigenvalue weighted by atomic mass is 35.5. The van der Waals surface area contributed by atoms with Crippen LogP contribution in [0.3, 0.4) is 0 Å². The van der Waals surface area contributed by atoms with Crippen LogP contribution in [0.15, 0.2) is 6.20 Å². The fourth-order valence-corrected chi connectivity index (χ4v) is 2.86. The van der Waals surface area contributed by atoms with E-state index >= 15 is 0 Å². The Morgan fingerprint density at radius 2 is 2.05 bits per heavy atom. The minimum atomic E-state index is -0.0368. The van der Waals surface area contributed by atoms with Crippen LogP contribution in [0.4, 0.5) is 11.8 Å². The fraction of sp³-hybridized carbons (Fsp3) is 0.714. The maximum absolute atomic E-state index is 9.71. The number of anilines is 2. The Kier molecular flexibility index (Phi) is 5.43. The highest BCUT2D eigenvalue weighted by Crippen LogP contribution is 2.36. The van der Waals surface area contributed by atoms with Crippen LogP contribution < -0.4 is 10.6 Å². The number of aromatic nitrogens is 2. The number of hydrogen-bond acceptors (Lipinski definition) is 5. The molecule has 0 aromatic carbocycles. The molecule has 1 saturated carbocycles. The molecule has 0 saturated heterocycles. The molecule has 6 heteroatoms. The standard InChI is InChI=1S/C14H23ClN4O/c1-2-16-13-17-8-11(15)12(19-13)18-9-14(10-20)6-4-3-5-7-14/h8,20H,2-7,9-10H2,1H3,(H2,16,17,18,19). The molecule has 2 rings (SSSR count). The SMILES string of the molecule is CCNc1ncc(Cl)c(NCC2(CO)CCCCC2)n1. The lowest BCUT2D eigenvalue weighted by atomic mass is 9.74. The van der Waals surface area contributed by atoms with E-state index in [9.17, 15) is 5.11 Å². The zero-order chi connectivity index (χ0) is 14.4. The lowest BCUT2D eigenvalue weighted by molar-refractivity contribution is 0.0943. The quantitative estimate of drug-likeness (QED) is 0.753. The molecule has 1 aromatic rings. The van der Waals surface area contributed by atoms with E-state index in [1.54, 1.807) is 6.20 Å². The largest absolute Gasteiger partial charge is 0.396 e. The number of halogens is 1. The van der Waals surface area contributed by atoms with Gasteiger partial charge in [-0.15, -0.1) is 0 Å². The Morgan fingerprint density at radius 3 is 2.70 bits per heavy atom. The Hall–Kier alpha value is -1.07. The topological polar surface area (TPSA) is 70.1 Å². The van der Waals surface area contributed by atoms with Crippen molar-refractivity contribution in [1.29, 1.82) is 0 Å². The molecule has 112 valence electrons. The second-order valence-corrected chi connectivity index (χ2v) is 5.90. The highest BCUT2D eigenvalue weighted by molar-refractivity contribution is 6.32. The lowest BCUT2D eigenvalue weighted by Crippen LogP contribution is -2.35. The van der Waals surface area contributed by atoms with Gasteiger partial charge in [0.1, 0.15) is 5.02 Å². The van der Waals surface area contributed by atoms with Gasteiger partial charge in [-0.1, -0.05) is 30.9 Å². The minimum absolute atomic E-state index is 0.0368. The number of aliphatic hydroxyl groups is 1. The molecule has 0 atom stereocenters. The predicted molar refractivity (Wildman–Crippen MR) is 82.3 cm³/mol. The number of aliphatic hydroxyl groups excluding tert-OH is 1. The first-order chi connectivity index (χ1) is 9.69. The van der Waals surface area contributed by atoms with Gasteiger partial charge in [-0.2, -0.15) is 4.98 Å². The van der Waals surface area contributed by atoms with E-state index in [0.29, 0.717) is 23.3 Å². The third-order valence-corrected chi connectivity index (χ3v) is 4.24. The monoisotopic (exact) mass is 298 g/mol. The van der Waals surface area contributed by atoms with E-state index in [4.69, 9.17) is 11.6 Å². The van der Waals surface area contributed by atoms with Crippen molar-refractivity contribution in [1.82, 2.24) is 9.97 Å². The van der Waals surface area contributed by atoms with Crippen molar-refractivity contribution in [3.05, 3.63) is 11.2 Å². The van der Waals surface area contributed by atoms with Gasteiger partial charge in [0.2, 0.25) is 5.95 Å². The second-order valence-electron chi connectivity index (χ2n) is 5.49. The third kappa shape index (κ3) is 3.73. The van der Waals surface area contributed by atoms with Gasteiger partial charge in [-0.05, 0) is 19.8 Å². The summed E-state index contributed by atoms with van der Waals surface area (Å²) in [4.78, 5) is 8.48. The molecule has 1 aliphatic rings. The van der Waals surface area contributed by atoms with Gasteiger partial charge in [0.05, 0.1) is 12.8 Å². The average Bonchev–Trinajstić information content (AvgIpc) is 2.49. The zero-order valence-electron chi connectivity index (χ0n) is 12.0. The van der Waals surface area contributed by atoms with Crippen molar-refractivity contribution >= 4 is 23.4 Å². The first-order valence-corrected chi connectivity index (χ1v) is 7.68. The molecule has 1 fully saturated rings. The summed E-state index contributed by atoms with van der Waals surface area (Å²) in [5, 5.41) is 16.6. The zero-order valence-corrected chi connectivity index (χ0v) is 12.7. The minimum Gasteiger partial charge on any atom is -0.396 e. The van der Waals surface area contributed by atoms with Crippen LogP contribution in [0.1, 0.15) is 39.0 Å². The van der Waals surface area contributed by atoms with Crippen molar-refractivity contribution in [3.8, 4) is 0 Å². The van der Waals surface area contributed by atoms with E-state index in [2.05, 4.69) is 20.6 Å². The number of nitrogens with one attached hydrogen (secondary N) is 2. The average molecular weight is 299 g/mol. The summed E-state index contributed by atoms with van der Waals surface area (Å²) in [6.45, 7) is 3.67. The molecule has 3 N–H and O–H groups in total. The molecule has 5 nitrogen and oxygen atoms in total. The highest BCUT2D eigenvalue weighted by Gasteiger charge is 2.31. The summed E-state index contributed by atoms with van der Waals surface area (Å²) in [6, 6.07) is 0. The van der Waals surface area contributed by atoms with Gasteiger partial charge in [0.25, 0.3) is 0 Å². The van der Waals surface area contributed by atoms with Gasteiger partial charge < -0.3 is 15.7 Å². The van der Waals surface area contributed by atoms with Crippen molar-refractivity contribution < 1.29 is 5.11 Å². The maximum Gasteiger partial charge on any atom is 0.224 e. The van der Waals surface area contributed by atoms with E-state index in [1.165, 1.54) is 19.3 Å². The molecule has 0 bridgehead atoms. The Bertz CT molecular complexity index is 435. The third-order valence-electron chi connectivity index (χ3n) is 3.96. The first kappa shape index (κ1) is 15.3. The molecular weight excluding hydrogens is 276 g/mol. The summed E-state index contributed by atoms with van der Waals surface area (Å²) >= 11 is 6.12. The Morgan fingerprint density at radius 1 is 1.30 bits per heavy atom. The van der Waals surface area contributed by atoms with Crippen LogP contribution in [0.25, 0.3) is 0 Å². The van der Waals surface area contributed by atoms with Crippen LogP contribution in [-0.2, 0) is 0 Å². The molecule has 0 amide bonds. The van der Waals surface area contributed by atoms with Gasteiger partial charge in [-0.25, -0.2) is 4.98 Å². The Balaban J connectivity index is 2.03. The van der Waals surface area contributed by atoms with E-state index in [1.807, 2.05) is 6.92 Å². The summed E-state index contributed by atoms with van der Waals surface area (Å²) in [5.74, 6) is 1.21. The van der Waals surface area contributed by atoms with Gasteiger partial charge in [0, 0.05) is 18.5 Å². The molecular formula is C14H23ClN4O. The maximum atomic E-state index is 9.71. The van der Waals surface area contributed by atoms with Crippen LogP contribution in [0.2, 0.25) is 5.02 Å². The van der Waals surface area contributed by atoms with Gasteiger partial charge in [-0.3, -0.25) is 0 Å². The summed E-state index contributed by atoms with van der Waals surface area (Å²) in [5.41, 5.74) is -0.0368. The smallest absolute Gasteiger partial charge is 0.224 e. The number of hydrogen-bond donors (Lipinski definition) is 3. The lowest BCUT2D eigenvalue weighted by Gasteiger charge is -2.35. The van der Waals surface area contributed by atoms with Crippen LogP contribution in [0.5, 0.6) is 0 Å². The van der Waals surface area contributed by atoms with Crippen LogP contribution in [0, 0.1) is 5.41 Å². The van der Waals surface area contributed by atoms with Crippen molar-refractivity contribution in [3.63, 3.8) is 0 Å². The van der Waals surface area contributed by atoms with E-state index in [0.717, 1.165) is 19.4 Å². The number of rotatable bonds is 6. The Labute approximate surface area is 125 Å². The van der Waals surface area contributed by atoms with Crippen molar-refractivity contribution in [2.24, 2.45) is 5.41 Å². The van der Waals surface area contributed by atoms with Crippen molar-refractivity contribution in [2.75, 3.05) is 30.3 Å². The van der Waals surface area contributed by atoms with E-state index in [-0.39, 0.29) is 12.0 Å². The predicted octanol–water partition coefficient (Wildman–Crippen LogP) is 2.92. The molecule has 0 spiro atoms. The van der Waals surface area contributed by atoms with Gasteiger partial charge >= 0.3 is 0 Å². The first-order valence-electron chi connectivity index (χ1n) is 7.30. The summed E-state index contributed by atoms with van der Waals surface area (Å²) in [7, 11) is 0. The summed E-state index contributed by atoms with van der Waals surface area (Å²) in [6.07, 6.45) is 7.34. The second kappa shape index (κ2) is 7.09. The van der Waals surface area contributed by atoms with Crippen molar-refractivity contribution in [2.45, 2.75) is 39.0 Å². The molecule has 1 aliphatic carbocycles. The molecule has 1 heterocycles. The van der Waals surface area contributed by atoms with Gasteiger partial charge in [0.15, 0.2) is 5.82 Å². The summed E-state index contributed by atoms with van der Waals surface area (Å²) < 4.78 is 0.